The Hall–Kier alpha value is -1.29. The predicted molar refractivity (Wildman–Crippen MR) is 69.2 cm³/mol. The topological polar surface area (TPSA) is 35.8 Å². The molecule has 1 rings (SSSR count). The molecule has 0 atom stereocenters. The van der Waals surface area contributed by atoms with Crippen molar-refractivity contribution >= 4 is 15.9 Å². The molecule has 0 aromatic heterocycles. The molecule has 0 saturated carbocycles. The molecule has 0 unspecified atom stereocenters. The lowest BCUT2D eigenvalue weighted by molar-refractivity contribution is 0.818. The van der Waals surface area contributed by atoms with Gasteiger partial charge >= 0.3 is 0 Å². The van der Waals surface area contributed by atoms with Crippen molar-refractivity contribution in [3.63, 3.8) is 0 Å². The molecule has 0 bridgehead atoms. The van der Waals surface area contributed by atoms with E-state index in [4.69, 9.17) is 5.26 Å². The number of halogens is 1. The van der Waals surface area contributed by atoms with Crippen molar-refractivity contribution in [1.29, 1.82) is 5.26 Å². The summed E-state index contributed by atoms with van der Waals surface area (Å²) in [5.41, 5.74) is 2.71. The SMILES string of the molecule is CNCCC#Cc1cc(C#N)ccc1CBr. The highest BCUT2D eigenvalue weighted by Gasteiger charge is 1.99. The molecule has 1 aromatic carbocycles. The number of rotatable bonds is 3. The molecule has 0 aliphatic rings. The fourth-order valence-corrected chi connectivity index (χ4v) is 1.71. The Morgan fingerprint density at radius 1 is 1.44 bits per heavy atom. The van der Waals surface area contributed by atoms with Gasteiger partial charge in [0.25, 0.3) is 0 Å². The Morgan fingerprint density at radius 2 is 2.25 bits per heavy atom. The zero-order valence-electron chi connectivity index (χ0n) is 9.18. The van der Waals surface area contributed by atoms with Crippen LogP contribution in [0.1, 0.15) is 23.1 Å². The van der Waals surface area contributed by atoms with Crippen LogP contribution in [0.2, 0.25) is 0 Å². The minimum Gasteiger partial charge on any atom is -0.319 e. The molecule has 82 valence electrons. The van der Waals surface area contributed by atoms with Crippen molar-refractivity contribution in [2.75, 3.05) is 13.6 Å². The zero-order chi connectivity index (χ0) is 11.8. The van der Waals surface area contributed by atoms with Gasteiger partial charge < -0.3 is 5.32 Å². The highest BCUT2D eigenvalue weighted by Crippen LogP contribution is 2.13. The van der Waals surface area contributed by atoms with E-state index in [1.165, 1.54) is 0 Å². The molecule has 0 heterocycles. The van der Waals surface area contributed by atoms with Crippen LogP contribution >= 0.6 is 15.9 Å². The normalized spacial score (nSPS) is 9.06. The average Bonchev–Trinajstić information content (AvgIpc) is 2.34. The molecule has 1 N–H and O–H groups in total. The predicted octanol–water partition coefficient (Wildman–Crippen LogP) is 2.41. The first-order chi connectivity index (χ1) is 7.81. The molecule has 0 radical (unpaired) electrons. The Bertz CT molecular complexity index is 449. The molecular formula is C13H13BrN2. The summed E-state index contributed by atoms with van der Waals surface area (Å²) in [4.78, 5) is 0. The maximum Gasteiger partial charge on any atom is 0.0992 e. The van der Waals surface area contributed by atoms with E-state index in [1.807, 2.05) is 25.2 Å². The van der Waals surface area contributed by atoms with Crippen LogP contribution in [0.4, 0.5) is 0 Å². The molecule has 1 aromatic rings. The van der Waals surface area contributed by atoms with Gasteiger partial charge in [0.15, 0.2) is 0 Å². The second kappa shape index (κ2) is 7.06. The summed E-state index contributed by atoms with van der Waals surface area (Å²) in [6, 6.07) is 7.72. The Labute approximate surface area is 105 Å². The second-order valence-corrected chi connectivity index (χ2v) is 3.83. The molecule has 0 aliphatic carbocycles. The minimum atomic E-state index is 0.655. The average molecular weight is 277 g/mol. The van der Waals surface area contributed by atoms with Crippen molar-refractivity contribution in [3.05, 3.63) is 34.9 Å². The van der Waals surface area contributed by atoms with Gasteiger partial charge in [-0.15, -0.1) is 0 Å². The number of nitriles is 1. The summed E-state index contributed by atoms with van der Waals surface area (Å²) >= 11 is 3.41. The van der Waals surface area contributed by atoms with Crippen molar-refractivity contribution < 1.29 is 0 Å². The molecule has 16 heavy (non-hydrogen) atoms. The zero-order valence-corrected chi connectivity index (χ0v) is 10.8. The molecule has 0 amide bonds. The molecule has 2 nitrogen and oxygen atoms in total. The van der Waals surface area contributed by atoms with Crippen LogP contribution in [0.5, 0.6) is 0 Å². The van der Waals surface area contributed by atoms with Gasteiger partial charge in [-0.25, -0.2) is 0 Å². The number of benzene rings is 1. The van der Waals surface area contributed by atoms with Gasteiger partial charge in [0.1, 0.15) is 0 Å². The van der Waals surface area contributed by atoms with Crippen molar-refractivity contribution in [1.82, 2.24) is 5.32 Å². The standard InChI is InChI=1S/C13H13BrN2/c1-16-7-3-2-4-12-8-11(10-15)5-6-13(12)9-14/h5-6,8,16H,3,7,9H2,1H3. The summed E-state index contributed by atoms with van der Waals surface area (Å²) < 4.78 is 0. The van der Waals surface area contributed by atoms with Gasteiger partial charge in [-0.05, 0) is 24.7 Å². The third-order valence-electron chi connectivity index (χ3n) is 2.11. The number of hydrogen-bond donors (Lipinski definition) is 1. The first kappa shape index (κ1) is 12.8. The quantitative estimate of drug-likeness (QED) is 0.523. The van der Waals surface area contributed by atoms with E-state index in [9.17, 15) is 0 Å². The molecule has 3 heteroatoms. The number of nitrogens with one attached hydrogen (secondary N) is 1. The van der Waals surface area contributed by atoms with E-state index >= 15 is 0 Å². The molecular weight excluding hydrogens is 264 g/mol. The lowest BCUT2D eigenvalue weighted by Gasteiger charge is -2.00. The van der Waals surface area contributed by atoms with Gasteiger partial charge in [0.05, 0.1) is 11.6 Å². The van der Waals surface area contributed by atoms with Crippen LogP contribution in [-0.4, -0.2) is 13.6 Å². The Balaban J connectivity index is 2.90. The van der Waals surface area contributed by atoms with Crippen LogP contribution in [0.3, 0.4) is 0 Å². The fraction of sp³-hybridized carbons (Fsp3) is 0.308. The van der Waals surface area contributed by atoms with Crippen molar-refractivity contribution in [3.8, 4) is 17.9 Å². The van der Waals surface area contributed by atoms with Crippen molar-refractivity contribution in [2.24, 2.45) is 0 Å². The van der Waals surface area contributed by atoms with E-state index in [0.29, 0.717) is 5.56 Å². The van der Waals surface area contributed by atoms with Crippen LogP contribution in [0, 0.1) is 23.2 Å². The van der Waals surface area contributed by atoms with E-state index in [2.05, 4.69) is 39.2 Å². The van der Waals surface area contributed by atoms with E-state index < -0.39 is 0 Å². The molecule has 0 spiro atoms. The number of nitrogens with zero attached hydrogens (tertiary/aromatic N) is 1. The summed E-state index contributed by atoms with van der Waals surface area (Å²) in [7, 11) is 1.90. The van der Waals surface area contributed by atoms with Gasteiger partial charge in [-0.3, -0.25) is 0 Å². The molecule has 0 saturated heterocycles. The van der Waals surface area contributed by atoms with Gasteiger partial charge in [0, 0.05) is 23.9 Å². The summed E-state index contributed by atoms with van der Waals surface area (Å²) in [5, 5.41) is 12.6. The van der Waals surface area contributed by atoms with Gasteiger partial charge in [0.2, 0.25) is 0 Å². The van der Waals surface area contributed by atoms with E-state index in [1.54, 1.807) is 0 Å². The monoisotopic (exact) mass is 276 g/mol. The number of hydrogen-bond acceptors (Lipinski definition) is 2. The first-order valence-corrected chi connectivity index (χ1v) is 6.16. The molecule has 0 fully saturated rings. The lowest BCUT2D eigenvalue weighted by atomic mass is 10.1. The third kappa shape index (κ3) is 3.70. The van der Waals surface area contributed by atoms with Crippen LogP contribution in [0.15, 0.2) is 18.2 Å². The fourth-order valence-electron chi connectivity index (χ4n) is 1.22. The van der Waals surface area contributed by atoms with Crippen LogP contribution in [0.25, 0.3) is 0 Å². The van der Waals surface area contributed by atoms with Gasteiger partial charge in [-0.2, -0.15) is 5.26 Å². The summed E-state index contributed by atoms with van der Waals surface area (Å²) in [6.07, 6.45) is 0.814. The summed E-state index contributed by atoms with van der Waals surface area (Å²) in [6.45, 7) is 0.884. The summed E-state index contributed by atoms with van der Waals surface area (Å²) in [5.74, 6) is 6.19. The highest BCUT2D eigenvalue weighted by atomic mass is 79.9. The lowest BCUT2D eigenvalue weighted by Crippen LogP contribution is -2.05. The maximum absolute atomic E-state index is 8.82. The minimum absolute atomic E-state index is 0.655. The van der Waals surface area contributed by atoms with Crippen LogP contribution in [-0.2, 0) is 5.33 Å². The largest absolute Gasteiger partial charge is 0.319 e. The second-order valence-electron chi connectivity index (χ2n) is 3.27. The smallest absolute Gasteiger partial charge is 0.0992 e. The van der Waals surface area contributed by atoms with Crippen LogP contribution < -0.4 is 5.32 Å². The Morgan fingerprint density at radius 3 is 2.88 bits per heavy atom. The van der Waals surface area contributed by atoms with E-state index in [0.717, 1.165) is 29.4 Å². The van der Waals surface area contributed by atoms with E-state index in [-0.39, 0.29) is 0 Å². The highest BCUT2D eigenvalue weighted by molar-refractivity contribution is 9.08. The van der Waals surface area contributed by atoms with Crippen molar-refractivity contribution in [2.45, 2.75) is 11.8 Å². The molecule has 0 aliphatic heterocycles. The Kier molecular flexibility index (Phi) is 5.64. The maximum atomic E-state index is 8.82. The number of alkyl halides is 1. The third-order valence-corrected chi connectivity index (χ3v) is 2.71. The van der Waals surface area contributed by atoms with Gasteiger partial charge in [-0.1, -0.05) is 33.8 Å². The first-order valence-electron chi connectivity index (χ1n) is 5.04.